The van der Waals surface area contributed by atoms with E-state index in [4.69, 9.17) is 4.74 Å². The molecule has 1 saturated heterocycles. The van der Waals surface area contributed by atoms with Gasteiger partial charge in [0.2, 0.25) is 10.0 Å². The number of benzene rings is 2. The fourth-order valence-corrected chi connectivity index (χ4v) is 4.70. The Kier molecular flexibility index (Phi) is 6.39. The number of sulfonamides is 1. The third-order valence-corrected chi connectivity index (χ3v) is 6.20. The van der Waals surface area contributed by atoms with Crippen LogP contribution in [0.25, 0.3) is 0 Å². The summed E-state index contributed by atoms with van der Waals surface area (Å²) in [5.41, 5.74) is -0.470. The molecule has 1 heterocycles. The summed E-state index contributed by atoms with van der Waals surface area (Å²) in [5, 5.41) is 0. The molecule has 3 rings (SSSR count). The minimum absolute atomic E-state index is 0.417. The first-order valence-corrected chi connectivity index (χ1v) is 10.4. The Balaban J connectivity index is 1.91. The molecule has 2 aromatic rings. The highest BCUT2D eigenvalue weighted by atomic mass is 32.2. The predicted octanol–water partition coefficient (Wildman–Crippen LogP) is 1.64. The molecule has 0 radical (unpaired) electrons. The summed E-state index contributed by atoms with van der Waals surface area (Å²) in [6, 6.07) is 12.4. The first kappa shape index (κ1) is 20.8. The largest absolute Gasteiger partial charge is 0.417 e. The van der Waals surface area contributed by atoms with Gasteiger partial charge >= 0.3 is 6.18 Å². The number of morpholine rings is 1. The summed E-state index contributed by atoms with van der Waals surface area (Å²) in [4.78, 5) is 0.368. The average molecular weight is 415 g/mol. The van der Waals surface area contributed by atoms with Crippen LogP contribution >= 0.6 is 0 Å². The van der Waals surface area contributed by atoms with E-state index >= 15 is 0 Å². The van der Waals surface area contributed by atoms with Gasteiger partial charge in [-0.3, -0.25) is 0 Å². The van der Waals surface area contributed by atoms with Crippen molar-refractivity contribution in [3.63, 3.8) is 0 Å². The zero-order chi connectivity index (χ0) is 20.2. The molecule has 9 heteroatoms. The lowest BCUT2D eigenvalue weighted by atomic mass is 10.1. The third-order valence-electron chi connectivity index (χ3n) is 4.67. The fraction of sp³-hybridized carbons (Fsp3) is 0.368. The van der Waals surface area contributed by atoms with Crippen LogP contribution in [-0.2, 0) is 20.9 Å². The molecule has 0 saturated carbocycles. The molecule has 1 fully saturated rings. The lowest BCUT2D eigenvalue weighted by Crippen LogP contribution is -3.14. The Bertz CT molecular complexity index is 883. The molecule has 2 aromatic carbocycles. The number of ether oxygens (including phenoxy) is 1. The fourth-order valence-electron chi connectivity index (χ4n) is 3.25. The second kappa shape index (κ2) is 8.60. The maximum absolute atomic E-state index is 13.3. The summed E-state index contributed by atoms with van der Waals surface area (Å²) in [6.07, 6.45) is -4.76. The van der Waals surface area contributed by atoms with Crippen LogP contribution in [0.4, 0.5) is 13.2 Å². The highest BCUT2D eigenvalue weighted by Gasteiger charge is 2.38. The SMILES string of the molecule is O=S(=O)(N[C@H](C[NH+]1CCOCC1)c1ccccc1)c1ccccc1C(F)(F)F. The van der Waals surface area contributed by atoms with Crippen molar-refractivity contribution in [3.8, 4) is 0 Å². The van der Waals surface area contributed by atoms with Gasteiger partial charge in [-0.05, 0) is 17.7 Å². The van der Waals surface area contributed by atoms with Crippen molar-refractivity contribution in [3.05, 3.63) is 65.7 Å². The van der Waals surface area contributed by atoms with E-state index in [1.165, 1.54) is 12.1 Å². The zero-order valence-electron chi connectivity index (χ0n) is 15.1. The Morgan fingerprint density at radius 2 is 1.61 bits per heavy atom. The van der Waals surface area contributed by atoms with E-state index in [9.17, 15) is 21.6 Å². The van der Waals surface area contributed by atoms with Crippen LogP contribution in [-0.4, -0.2) is 41.3 Å². The summed E-state index contributed by atoms with van der Waals surface area (Å²) >= 11 is 0. The van der Waals surface area contributed by atoms with Crippen LogP contribution in [0.1, 0.15) is 17.2 Å². The first-order valence-electron chi connectivity index (χ1n) is 8.92. The third kappa shape index (κ3) is 5.11. The lowest BCUT2D eigenvalue weighted by molar-refractivity contribution is -0.909. The van der Waals surface area contributed by atoms with Gasteiger partial charge in [-0.25, -0.2) is 8.42 Å². The molecule has 2 N–H and O–H groups in total. The van der Waals surface area contributed by atoms with Gasteiger partial charge in [-0.2, -0.15) is 17.9 Å². The van der Waals surface area contributed by atoms with Crippen molar-refractivity contribution < 1.29 is 31.2 Å². The molecule has 0 unspecified atom stereocenters. The molecular weight excluding hydrogens is 393 g/mol. The molecule has 28 heavy (non-hydrogen) atoms. The van der Waals surface area contributed by atoms with E-state index < -0.39 is 32.7 Å². The molecule has 1 aliphatic heterocycles. The maximum atomic E-state index is 13.3. The topological polar surface area (TPSA) is 59.8 Å². The summed E-state index contributed by atoms with van der Waals surface area (Å²) in [6.45, 7) is 2.98. The Morgan fingerprint density at radius 3 is 2.25 bits per heavy atom. The monoisotopic (exact) mass is 415 g/mol. The van der Waals surface area contributed by atoms with Gasteiger partial charge in [0.05, 0.1) is 36.3 Å². The first-order chi connectivity index (χ1) is 13.3. The average Bonchev–Trinajstić information content (AvgIpc) is 2.68. The van der Waals surface area contributed by atoms with Crippen LogP contribution in [0.3, 0.4) is 0 Å². The summed E-state index contributed by atoms with van der Waals surface area (Å²) in [5.74, 6) is 0. The number of rotatable bonds is 6. The van der Waals surface area contributed by atoms with E-state index in [1.54, 1.807) is 30.3 Å². The maximum Gasteiger partial charge on any atom is 0.417 e. The quantitative estimate of drug-likeness (QED) is 0.754. The predicted molar refractivity (Wildman–Crippen MR) is 97.3 cm³/mol. The van der Waals surface area contributed by atoms with Crippen LogP contribution in [0.5, 0.6) is 0 Å². The van der Waals surface area contributed by atoms with Crippen molar-refractivity contribution >= 4 is 10.0 Å². The van der Waals surface area contributed by atoms with E-state index in [-0.39, 0.29) is 0 Å². The lowest BCUT2D eigenvalue weighted by Gasteiger charge is -2.28. The summed E-state index contributed by atoms with van der Waals surface area (Å²) < 4.78 is 73.5. The van der Waals surface area contributed by atoms with Gasteiger partial charge in [0, 0.05) is 0 Å². The molecular formula is C19H22F3N2O3S+. The Morgan fingerprint density at radius 1 is 1.00 bits per heavy atom. The van der Waals surface area contributed by atoms with Crippen molar-refractivity contribution in [1.82, 2.24) is 4.72 Å². The number of alkyl halides is 3. The van der Waals surface area contributed by atoms with Gasteiger partial charge in [0.1, 0.15) is 13.1 Å². The number of quaternary nitrogens is 1. The van der Waals surface area contributed by atoms with Crippen LogP contribution in [0.2, 0.25) is 0 Å². The Labute approximate surface area is 162 Å². The second-order valence-corrected chi connectivity index (χ2v) is 8.33. The van der Waals surface area contributed by atoms with Gasteiger partial charge in [-0.1, -0.05) is 42.5 Å². The van der Waals surface area contributed by atoms with Gasteiger partial charge in [-0.15, -0.1) is 0 Å². The van der Waals surface area contributed by atoms with Crippen LogP contribution in [0, 0.1) is 0 Å². The van der Waals surface area contributed by atoms with Crippen LogP contribution in [0.15, 0.2) is 59.5 Å². The molecule has 0 spiro atoms. The minimum atomic E-state index is -4.76. The molecule has 1 aliphatic rings. The van der Waals surface area contributed by atoms with Crippen molar-refractivity contribution in [2.24, 2.45) is 0 Å². The van der Waals surface area contributed by atoms with E-state index in [0.717, 1.165) is 17.0 Å². The molecule has 152 valence electrons. The molecule has 0 aliphatic carbocycles. The molecule has 5 nitrogen and oxygen atoms in total. The standard InChI is InChI=1S/C19H21F3N2O3S/c20-19(21,22)16-8-4-5-9-18(16)28(25,26)23-17(15-6-2-1-3-7-15)14-24-10-12-27-13-11-24/h1-9,17,23H,10-14H2/p+1/t17-/m1/s1. The number of nitrogens with one attached hydrogen (secondary N) is 2. The number of halogens is 3. The summed E-state index contributed by atoms with van der Waals surface area (Å²) in [7, 11) is -4.39. The van der Waals surface area contributed by atoms with Crippen molar-refractivity contribution in [2.45, 2.75) is 17.1 Å². The van der Waals surface area contributed by atoms with E-state index in [0.29, 0.717) is 38.4 Å². The Hall–Kier alpha value is -1.94. The van der Waals surface area contributed by atoms with Crippen LogP contribution < -0.4 is 9.62 Å². The highest BCUT2D eigenvalue weighted by molar-refractivity contribution is 7.89. The second-order valence-electron chi connectivity index (χ2n) is 6.64. The number of hydrogen-bond donors (Lipinski definition) is 2. The van der Waals surface area contributed by atoms with E-state index in [2.05, 4.69) is 4.72 Å². The van der Waals surface area contributed by atoms with E-state index in [1.807, 2.05) is 0 Å². The van der Waals surface area contributed by atoms with Gasteiger partial charge in [0.25, 0.3) is 0 Å². The molecule has 0 amide bonds. The smallest absolute Gasteiger partial charge is 0.370 e. The normalized spacial score (nSPS) is 17.4. The highest BCUT2D eigenvalue weighted by Crippen LogP contribution is 2.34. The van der Waals surface area contributed by atoms with Gasteiger partial charge < -0.3 is 9.64 Å². The van der Waals surface area contributed by atoms with Crippen molar-refractivity contribution in [2.75, 3.05) is 32.8 Å². The van der Waals surface area contributed by atoms with Crippen molar-refractivity contribution in [1.29, 1.82) is 0 Å². The zero-order valence-corrected chi connectivity index (χ0v) is 15.9. The molecule has 0 aromatic heterocycles. The molecule has 1 atom stereocenters. The minimum Gasteiger partial charge on any atom is -0.370 e. The van der Waals surface area contributed by atoms with Gasteiger partial charge in [0.15, 0.2) is 0 Å². The number of hydrogen-bond acceptors (Lipinski definition) is 3. The molecule has 0 bridgehead atoms.